The van der Waals surface area contributed by atoms with E-state index in [-0.39, 0.29) is 49.5 Å². The minimum atomic E-state index is -1.15. The van der Waals surface area contributed by atoms with Crippen LogP contribution >= 0.6 is 0 Å². The van der Waals surface area contributed by atoms with Gasteiger partial charge in [0.25, 0.3) is 0 Å². The molecule has 0 rings (SSSR count). The molecular weight excluding hydrogens is 703 g/mol. The summed E-state index contributed by atoms with van der Waals surface area (Å²) in [5, 5.41) is 11.6. The second-order valence-corrected chi connectivity index (χ2v) is 14.5. The van der Waals surface area contributed by atoms with Crippen LogP contribution in [0.25, 0.3) is 0 Å². The van der Waals surface area contributed by atoms with Gasteiger partial charge in [-0.25, -0.2) is 0 Å². The lowest BCUT2D eigenvalue weighted by molar-refractivity contribution is -0.889. The van der Waals surface area contributed by atoms with Gasteiger partial charge in [-0.15, -0.1) is 0 Å². The quantitative estimate of drug-likeness (QED) is 0.0273. The molecule has 0 heterocycles. The minimum absolute atomic E-state index is 0.00747. The van der Waals surface area contributed by atoms with E-state index in [0.717, 1.165) is 83.5 Å². The molecule has 0 saturated heterocycles. The van der Waals surface area contributed by atoms with E-state index >= 15 is 0 Å². The van der Waals surface area contributed by atoms with Crippen molar-refractivity contribution in [1.82, 2.24) is 0 Å². The van der Waals surface area contributed by atoms with Crippen LogP contribution in [0, 0.1) is 0 Å². The molecule has 314 valence electrons. The molecule has 0 aliphatic carbocycles. The summed E-state index contributed by atoms with van der Waals surface area (Å²) in [5.41, 5.74) is 0. The molecule has 0 bridgehead atoms. The Hall–Kier alpha value is -4.01. The predicted molar refractivity (Wildman–Crippen MR) is 231 cm³/mol. The van der Waals surface area contributed by atoms with Gasteiger partial charge in [0.15, 0.2) is 6.10 Å². The number of quaternary nitrogens is 1. The van der Waals surface area contributed by atoms with Crippen molar-refractivity contribution in [2.45, 2.75) is 135 Å². The summed E-state index contributed by atoms with van der Waals surface area (Å²) in [6.45, 7) is 4.28. The number of aliphatic carboxylic acids is 1. The number of carbonyl (C=O) groups is 3. The highest BCUT2D eigenvalue weighted by Crippen LogP contribution is 2.10. The summed E-state index contributed by atoms with van der Waals surface area (Å²) in [7, 11) is 5.35. The van der Waals surface area contributed by atoms with E-state index in [1.807, 2.05) is 12.2 Å². The maximum atomic E-state index is 12.7. The first-order chi connectivity index (χ1) is 27.1. The van der Waals surface area contributed by atoms with Crippen molar-refractivity contribution >= 4 is 17.9 Å². The van der Waals surface area contributed by atoms with Gasteiger partial charge < -0.3 is 28.6 Å². The molecule has 0 aromatic carbocycles. The number of rotatable bonds is 35. The summed E-state index contributed by atoms with van der Waals surface area (Å²) in [6, 6.07) is -0.750. The van der Waals surface area contributed by atoms with Crippen molar-refractivity contribution in [1.29, 1.82) is 0 Å². The zero-order valence-corrected chi connectivity index (χ0v) is 35.5. The van der Waals surface area contributed by atoms with Gasteiger partial charge in [-0.1, -0.05) is 130 Å². The van der Waals surface area contributed by atoms with Gasteiger partial charge in [-0.2, -0.15) is 0 Å². The van der Waals surface area contributed by atoms with Gasteiger partial charge >= 0.3 is 11.9 Å². The molecular formula is C48H75NO7. The highest BCUT2D eigenvalue weighted by Gasteiger charge is 2.25. The normalized spacial score (nSPS) is 14.1. The van der Waals surface area contributed by atoms with Crippen molar-refractivity contribution in [3.8, 4) is 0 Å². The molecule has 0 aliphatic rings. The van der Waals surface area contributed by atoms with Crippen LogP contribution in [0.2, 0.25) is 0 Å². The smallest absolute Gasteiger partial charge is 0.306 e. The highest BCUT2D eigenvalue weighted by atomic mass is 16.6. The molecule has 0 spiro atoms. The van der Waals surface area contributed by atoms with Crippen LogP contribution in [0.1, 0.15) is 123 Å². The first kappa shape index (κ1) is 52.0. The van der Waals surface area contributed by atoms with E-state index in [1.165, 1.54) is 0 Å². The van der Waals surface area contributed by atoms with Crippen LogP contribution in [-0.4, -0.2) is 75.5 Å². The average Bonchev–Trinajstić information content (AvgIpc) is 3.15. The molecule has 8 nitrogen and oxygen atoms in total. The van der Waals surface area contributed by atoms with Crippen molar-refractivity contribution in [3.63, 3.8) is 0 Å². The lowest BCUT2D eigenvalue weighted by atomic mass is 10.1. The van der Waals surface area contributed by atoms with Crippen LogP contribution in [0.5, 0.6) is 0 Å². The number of likely N-dealkylation sites (N-methyl/N-ethyl adjacent to an activating group) is 1. The Morgan fingerprint density at radius 1 is 0.536 bits per heavy atom. The third-order valence-electron chi connectivity index (χ3n) is 8.42. The van der Waals surface area contributed by atoms with Gasteiger partial charge in [0.1, 0.15) is 12.6 Å². The number of nitrogens with zero attached hydrogens (tertiary/aromatic N) is 1. The Labute approximate surface area is 340 Å². The van der Waals surface area contributed by atoms with Gasteiger partial charge in [0.05, 0.1) is 40.3 Å². The number of hydrogen-bond acceptors (Lipinski definition) is 7. The van der Waals surface area contributed by atoms with E-state index < -0.39 is 24.1 Å². The minimum Gasteiger partial charge on any atom is -0.544 e. The SMILES string of the molecule is CC/C=C/C/C=C/C/C=C/C/C=C/C/C=C/CCC(=O)OC(COCCC(C(=O)[O-])[N+](C)(C)C)COC(=O)CCCCC/C=C/C/C=C/C/C=C/C/C=C/CC. The fourth-order valence-electron chi connectivity index (χ4n) is 5.23. The molecule has 0 amide bonds. The van der Waals surface area contributed by atoms with Crippen molar-refractivity contribution in [2.24, 2.45) is 0 Å². The van der Waals surface area contributed by atoms with Crippen molar-refractivity contribution in [2.75, 3.05) is 41.0 Å². The molecule has 0 aliphatic heterocycles. The van der Waals surface area contributed by atoms with E-state index in [2.05, 4.69) is 111 Å². The molecule has 0 radical (unpaired) electrons. The van der Waals surface area contributed by atoms with E-state index in [0.29, 0.717) is 6.42 Å². The summed E-state index contributed by atoms with van der Waals surface area (Å²) in [5.74, 6) is -1.90. The molecule has 0 aromatic rings. The summed E-state index contributed by atoms with van der Waals surface area (Å²) in [4.78, 5) is 36.8. The predicted octanol–water partition coefficient (Wildman–Crippen LogP) is 9.96. The molecule has 8 heteroatoms. The Morgan fingerprint density at radius 3 is 1.43 bits per heavy atom. The van der Waals surface area contributed by atoms with Gasteiger partial charge in [-0.05, 0) is 83.5 Å². The molecule has 0 aromatic heterocycles. The van der Waals surface area contributed by atoms with Crippen LogP contribution < -0.4 is 5.11 Å². The van der Waals surface area contributed by atoms with Crippen LogP contribution in [0.15, 0.2) is 109 Å². The molecule has 2 unspecified atom stereocenters. The number of carboxylic acid groups (broad SMARTS) is 1. The molecule has 0 fully saturated rings. The van der Waals surface area contributed by atoms with E-state index in [9.17, 15) is 19.5 Å². The average molecular weight is 778 g/mol. The Kier molecular flexibility index (Phi) is 35.2. The second kappa shape index (κ2) is 37.9. The fourth-order valence-corrected chi connectivity index (χ4v) is 5.23. The largest absolute Gasteiger partial charge is 0.544 e. The van der Waals surface area contributed by atoms with E-state index in [1.54, 1.807) is 21.1 Å². The van der Waals surface area contributed by atoms with Crippen molar-refractivity contribution < 1.29 is 38.2 Å². The van der Waals surface area contributed by atoms with Gasteiger partial charge in [0.2, 0.25) is 0 Å². The Bertz CT molecular complexity index is 1280. The molecule has 56 heavy (non-hydrogen) atoms. The maximum absolute atomic E-state index is 12.7. The standard InChI is InChI=1S/C48H75NO7/c1-6-8-10-12-14-16-18-20-22-24-26-28-30-32-34-36-38-46(50)55-43-44(42-54-41-40-45(48(52)53)49(3,4)5)56-47(51)39-37-35-33-31-29-27-25-23-21-19-17-15-13-11-9-7-2/h8-11,14-17,20-23,26-29,33,35,44-45H,6-7,12-13,18-19,24-25,30-32,34,36-43H2,1-5H3/b10-8+,11-9+,16-14+,17-15+,22-20+,23-21+,28-26+,29-27+,35-33+. The number of unbranched alkanes of at least 4 members (excludes halogenated alkanes) is 3. The van der Waals surface area contributed by atoms with Gasteiger partial charge in [0, 0.05) is 19.3 Å². The lowest BCUT2D eigenvalue weighted by Crippen LogP contribution is -2.55. The number of allylic oxidation sites excluding steroid dienone is 18. The third-order valence-corrected chi connectivity index (χ3v) is 8.42. The monoisotopic (exact) mass is 778 g/mol. The zero-order chi connectivity index (χ0) is 41.4. The highest BCUT2D eigenvalue weighted by molar-refractivity contribution is 5.70. The van der Waals surface area contributed by atoms with Crippen LogP contribution in [0.4, 0.5) is 0 Å². The Morgan fingerprint density at radius 2 is 0.982 bits per heavy atom. The molecule has 0 saturated carbocycles. The Balaban J connectivity index is 4.58. The number of esters is 2. The van der Waals surface area contributed by atoms with Crippen LogP contribution in [0.3, 0.4) is 0 Å². The summed E-state index contributed by atoms with van der Waals surface area (Å²) in [6.07, 6.45) is 51.3. The number of hydrogen-bond donors (Lipinski definition) is 0. The van der Waals surface area contributed by atoms with Crippen molar-refractivity contribution in [3.05, 3.63) is 109 Å². The number of ether oxygens (including phenoxy) is 3. The van der Waals surface area contributed by atoms with Gasteiger partial charge in [-0.3, -0.25) is 9.59 Å². The zero-order valence-electron chi connectivity index (χ0n) is 35.5. The number of carbonyl (C=O) groups excluding carboxylic acids is 3. The van der Waals surface area contributed by atoms with Crippen LogP contribution in [-0.2, 0) is 28.6 Å². The first-order valence-corrected chi connectivity index (χ1v) is 20.9. The topological polar surface area (TPSA) is 102 Å². The molecule has 0 N–H and O–H groups in total. The number of carboxylic acids is 1. The third kappa shape index (κ3) is 35.7. The lowest BCUT2D eigenvalue weighted by Gasteiger charge is -2.34. The maximum Gasteiger partial charge on any atom is 0.306 e. The fraction of sp³-hybridized carbons (Fsp3) is 0.562. The summed E-state index contributed by atoms with van der Waals surface area (Å²) >= 11 is 0. The van der Waals surface area contributed by atoms with E-state index in [4.69, 9.17) is 14.2 Å². The first-order valence-electron chi connectivity index (χ1n) is 20.9. The second-order valence-electron chi connectivity index (χ2n) is 14.5. The molecule has 2 atom stereocenters. The summed E-state index contributed by atoms with van der Waals surface area (Å²) < 4.78 is 17.0.